The summed E-state index contributed by atoms with van der Waals surface area (Å²) < 4.78 is 35.5. The Morgan fingerprint density at radius 3 is 2.76 bits per heavy atom. The molecule has 0 bridgehead atoms. The summed E-state index contributed by atoms with van der Waals surface area (Å²) in [5.74, 6) is 2.34. The van der Waals surface area contributed by atoms with Crippen LogP contribution in [0.4, 0.5) is 5.69 Å². The zero-order valence-corrected chi connectivity index (χ0v) is 18.2. The summed E-state index contributed by atoms with van der Waals surface area (Å²) in [6.45, 7) is 0. The van der Waals surface area contributed by atoms with Gasteiger partial charge in [-0.05, 0) is 24.5 Å². The van der Waals surface area contributed by atoms with Crippen LogP contribution in [0, 0.1) is 5.92 Å². The first-order valence-corrected chi connectivity index (χ1v) is 11.9. The number of methoxy groups -OCH3 is 2. The number of ether oxygens (including phenoxy) is 2. The van der Waals surface area contributed by atoms with Crippen molar-refractivity contribution in [3.05, 3.63) is 24.0 Å². The molecule has 0 spiro atoms. The first kappa shape index (κ1) is 21.4. The lowest BCUT2D eigenvalue weighted by atomic mass is 10.1. The number of carbonyl (C=O) groups excluding carboxylic acids is 1. The number of sulfone groups is 1. The number of thioether (sulfide) groups is 1. The van der Waals surface area contributed by atoms with Crippen LogP contribution in [0.3, 0.4) is 0 Å². The fourth-order valence-corrected chi connectivity index (χ4v) is 5.75. The van der Waals surface area contributed by atoms with E-state index in [9.17, 15) is 13.2 Å². The van der Waals surface area contributed by atoms with Crippen LogP contribution in [0.1, 0.15) is 12.2 Å². The number of amides is 1. The van der Waals surface area contributed by atoms with Gasteiger partial charge in [-0.1, -0.05) is 11.8 Å². The fraction of sp³-hybridized carbons (Fsp3) is 0.500. The van der Waals surface area contributed by atoms with E-state index < -0.39 is 9.84 Å². The number of hydrogen-bond donors (Lipinski definition) is 1. The molecule has 2 heterocycles. The molecule has 158 valence electrons. The average molecular weight is 441 g/mol. The van der Waals surface area contributed by atoms with E-state index in [1.54, 1.807) is 25.3 Å². The van der Waals surface area contributed by atoms with Crippen molar-refractivity contribution >= 4 is 33.2 Å². The second-order valence-corrected chi connectivity index (χ2v) is 10.0. The molecule has 0 radical (unpaired) electrons. The van der Waals surface area contributed by atoms with Crippen molar-refractivity contribution < 1.29 is 22.7 Å². The molecule has 1 aliphatic rings. The quantitative estimate of drug-likeness (QED) is 0.615. The monoisotopic (exact) mass is 440 g/mol. The van der Waals surface area contributed by atoms with Gasteiger partial charge in [0.25, 0.3) is 0 Å². The Morgan fingerprint density at radius 1 is 1.31 bits per heavy atom. The Kier molecular flexibility index (Phi) is 6.68. The minimum absolute atomic E-state index is 0.0755. The van der Waals surface area contributed by atoms with Crippen molar-refractivity contribution in [3.63, 3.8) is 0 Å². The van der Waals surface area contributed by atoms with Crippen molar-refractivity contribution in [3.8, 4) is 11.5 Å². The molecule has 11 heteroatoms. The second kappa shape index (κ2) is 9.04. The van der Waals surface area contributed by atoms with Gasteiger partial charge in [-0.3, -0.25) is 4.79 Å². The van der Waals surface area contributed by atoms with E-state index in [0.29, 0.717) is 35.2 Å². The van der Waals surface area contributed by atoms with Crippen LogP contribution in [0.5, 0.6) is 11.5 Å². The van der Waals surface area contributed by atoms with Crippen molar-refractivity contribution in [2.24, 2.45) is 13.0 Å². The Hall–Kier alpha value is -2.27. The molecule has 1 aliphatic heterocycles. The van der Waals surface area contributed by atoms with Crippen LogP contribution < -0.4 is 14.8 Å². The molecule has 1 aromatic heterocycles. The molecule has 9 nitrogen and oxygen atoms in total. The van der Waals surface area contributed by atoms with E-state index in [4.69, 9.17) is 9.47 Å². The van der Waals surface area contributed by atoms with Crippen LogP contribution in [0.2, 0.25) is 0 Å². The number of nitrogens with one attached hydrogen (secondary N) is 1. The van der Waals surface area contributed by atoms with Crippen LogP contribution >= 0.6 is 11.8 Å². The normalized spacial score (nSPS) is 17.8. The molecule has 2 aromatic rings. The smallest absolute Gasteiger partial charge is 0.234 e. The number of carbonyl (C=O) groups is 1. The van der Waals surface area contributed by atoms with Gasteiger partial charge in [-0.25, -0.2) is 8.42 Å². The molecule has 1 saturated heterocycles. The molecule has 1 aromatic carbocycles. The Morgan fingerprint density at radius 2 is 2.10 bits per heavy atom. The summed E-state index contributed by atoms with van der Waals surface area (Å²) in [6.07, 6.45) is 1.22. The van der Waals surface area contributed by atoms with E-state index >= 15 is 0 Å². The Balaban J connectivity index is 1.56. The third-order valence-electron chi connectivity index (χ3n) is 4.74. The molecule has 1 N–H and O–H groups in total. The number of hydrogen-bond acceptors (Lipinski definition) is 8. The Bertz CT molecular complexity index is 990. The number of rotatable bonds is 8. The van der Waals surface area contributed by atoms with Gasteiger partial charge in [0.15, 0.2) is 15.0 Å². The minimum atomic E-state index is -2.92. The van der Waals surface area contributed by atoms with Crippen LogP contribution in [-0.4, -0.2) is 60.6 Å². The molecule has 29 heavy (non-hydrogen) atoms. The highest BCUT2D eigenvalue weighted by Gasteiger charge is 2.29. The van der Waals surface area contributed by atoms with Gasteiger partial charge in [0.1, 0.15) is 17.3 Å². The first-order chi connectivity index (χ1) is 13.8. The molecule has 1 fully saturated rings. The Labute approximate surface area is 174 Å². The topological polar surface area (TPSA) is 112 Å². The van der Waals surface area contributed by atoms with Crippen molar-refractivity contribution in [2.75, 3.05) is 36.8 Å². The van der Waals surface area contributed by atoms with Crippen LogP contribution in [0.15, 0.2) is 23.4 Å². The lowest BCUT2D eigenvalue weighted by molar-refractivity contribution is -0.113. The third kappa shape index (κ3) is 5.41. The van der Waals surface area contributed by atoms with Crippen LogP contribution in [0.25, 0.3) is 0 Å². The number of benzene rings is 1. The van der Waals surface area contributed by atoms with E-state index in [1.165, 1.54) is 18.9 Å². The zero-order chi connectivity index (χ0) is 21.0. The maximum atomic E-state index is 12.3. The maximum Gasteiger partial charge on any atom is 0.234 e. The molecule has 3 rings (SSSR count). The SMILES string of the molecule is COc1ccc(NC(=O)CSc2nnc(C[C@H]3CCS(=O)(=O)C3)n2C)c(OC)c1. The van der Waals surface area contributed by atoms with Gasteiger partial charge < -0.3 is 19.4 Å². The predicted octanol–water partition coefficient (Wildman–Crippen LogP) is 1.54. The highest BCUT2D eigenvalue weighted by Crippen LogP contribution is 2.29. The lowest BCUT2D eigenvalue weighted by Gasteiger charge is -2.11. The molecule has 1 atom stereocenters. The van der Waals surface area contributed by atoms with Crippen molar-refractivity contribution in [1.29, 1.82) is 0 Å². The largest absolute Gasteiger partial charge is 0.497 e. The third-order valence-corrected chi connectivity index (χ3v) is 7.60. The molecule has 0 aliphatic carbocycles. The molecular weight excluding hydrogens is 416 g/mol. The highest BCUT2D eigenvalue weighted by atomic mass is 32.2. The first-order valence-electron chi connectivity index (χ1n) is 9.04. The highest BCUT2D eigenvalue weighted by molar-refractivity contribution is 7.99. The summed E-state index contributed by atoms with van der Waals surface area (Å²) in [4.78, 5) is 12.3. The van der Waals surface area contributed by atoms with Gasteiger partial charge in [0.05, 0.1) is 37.2 Å². The van der Waals surface area contributed by atoms with E-state index in [2.05, 4.69) is 15.5 Å². The van der Waals surface area contributed by atoms with Gasteiger partial charge >= 0.3 is 0 Å². The van der Waals surface area contributed by atoms with Crippen molar-refractivity contribution in [1.82, 2.24) is 14.8 Å². The fourth-order valence-electron chi connectivity index (χ4n) is 3.16. The number of nitrogens with zero attached hydrogens (tertiary/aromatic N) is 3. The summed E-state index contributed by atoms with van der Waals surface area (Å²) in [5, 5.41) is 11.7. The van der Waals surface area contributed by atoms with Gasteiger partial charge in [0, 0.05) is 19.5 Å². The van der Waals surface area contributed by atoms with Crippen LogP contribution in [-0.2, 0) is 28.1 Å². The summed E-state index contributed by atoms with van der Waals surface area (Å²) in [5.41, 5.74) is 0.556. The summed E-state index contributed by atoms with van der Waals surface area (Å²) >= 11 is 1.27. The van der Waals surface area contributed by atoms with Crippen molar-refractivity contribution in [2.45, 2.75) is 18.0 Å². The average Bonchev–Trinajstić information content (AvgIpc) is 3.22. The molecule has 0 unspecified atom stereocenters. The minimum Gasteiger partial charge on any atom is -0.497 e. The number of anilines is 1. The maximum absolute atomic E-state index is 12.3. The van der Waals surface area contributed by atoms with Gasteiger partial charge in [-0.15, -0.1) is 10.2 Å². The molecular formula is C18H24N4O5S2. The second-order valence-electron chi connectivity index (χ2n) is 6.83. The number of aromatic nitrogens is 3. The molecule has 1 amide bonds. The van der Waals surface area contributed by atoms with E-state index in [-0.39, 0.29) is 29.1 Å². The van der Waals surface area contributed by atoms with E-state index in [1.807, 2.05) is 11.6 Å². The van der Waals surface area contributed by atoms with E-state index in [0.717, 1.165) is 5.82 Å². The predicted molar refractivity (Wildman–Crippen MR) is 110 cm³/mol. The summed E-state index contributed by atoms with van der Waals surface area (Å²) in [6, 6.07) is 5.15. The lowest BCUT2D eigenvalue weighted by Crippen LogP contribution is -2.15. The summed E-state index contributed by atoms with van der Waals surface area (Å²) in [7, 11) is 1.99. The van der Waals surface area contributed by atoms with Gasteiger partial charge in [0.2, 0.25) is 5.91 Å². The van der Waals surface area contributed by atoms with Gasteiger partial charge in [-0.2, -0.15) is 0 Å². The zero-order valence-electron chi connectivity index (χ0n) is 16.5. The standard InChI is InChI=1S/C18H24N4O5S2/c1-22-16(8-12-6-7-29(24,25)11-12)20-21-18(22)28-10-17(23)19-14-5-4-13(26-2)9-15(14)27-3/h4-5,9,12H,6-8,10-11H2,1-3H3,(H,19,23)/t12-/m1/s1. The molecule has 0 saturated carbocycles.